The fraction of sp³-hybridized carbons (Fsp3) is 1.00. The van der Waals surface area contributed by atoms with E-state index >= 15 is 0 Å². The van der Waals surface area contributed by atoms with E-state index in [2.05, 4.69) is 24.1 Å². The number of hydrogen-bond donors (Lipinski definition) is 2. The van der Waals surface area contributed by atoms with Gasteiger partial charge in [-0.1, -0.05) is 13.8 Å². The van der Waals surface area contributed by atoms with Crippen LogP contribution in [0.4, 0.5) is 0 Å². The third kappa shape index (κ3) is 4.96. The van der Waals surface area contributed by atoms with Crippen molar-refractivity contribution < 1.29 is 0 Å². The second-order valence-electron chi connectivity index (χ2n) is 4.66. The molecule has 0 aromatic heterocycles. The lowest BCUT2D eigenvalue weighted by atomic mass is 10.2. The van der Waals surface area contributed by atoms with E-state index in [-0.39, 0.29) is 0 Å². The summed E-state index contributed by atoms with van der Waals surface area (Å²) in [6.45, 7) is 9.16. The molecule has 0 bridgehead atoms. The van der Waals surface area contributed by atoms with Gasteiger partial charge in [0.05, 0.1) is 0 Å². The first-order chi connectivity index (χ1) is 7.26. The lowest BCUT2D eigenvalue weighted by molar-refractivity contribution is 0.282. The SMILES string of the molecule is CCCN(CC)CCNC1CCC(N)C1. The highest BCUT2D eigenvalue weighted by Gasteiger charge is 2.20. The molecule has 3 nitrogen and oxygen atoms in total. The predicted molar refractivity (Wildman–Crippen MR) is 66.0 cm³/mol. The summed E-state index contributed by atoms with van der Waals surface area (Å²) in [5.74, 6) is 0. The van der Waals surface area contributed by atoms with Crippen LogP contribution in [0.5, 0.6) is 0 Å². The van der Waals surface area contributed by atoms with Gasteiger partial charge in [-0.25, -0.2) is 0 Å². The third-order valence-corrected chi connectivity index (χ3v) is 3.32. The van der Waals surface area contributed by atoms with Crippen molar-refractivity contribution in [2.45, 2.75) is 51.6 Å². The Morgan fingerprint density at radius 1 is 1.27 bits per heavy atom. The molecule has 15 heavy (non-hydrogen) atoms. The number of likely N-dealkylation sites (N-methyl/N-ethyl adjacent to an activating group) is 1. The summed E-state index contributed by atoms with van der Waals surface area (Å²) in [6.07, 6.45) is 4.88. The second-order valence-corrected chi connectivity index (χ2v) is 4.66. The molecule has 1 saturated carbocycles. The van der Waals surface area contributed by atoms with Crippen molar-refractivity contribution in [2.75, 3.05) is 26.2 Å². The maximum Gasteiger partial charge on any atom is 0.0107 e. The minimum absolute atomic E-state index is 0.445. The number of nitrogens with zero attached hydrogens (tertiary/aromatic N) is 1. The van der Waals surface area contributed by atoms with Gasteiger partial charge in [0.2, 0.25) is 0 Å². The maximum atomic E-state index is 5.88. The zero-order chi connectivity index (χ0) is 11.1. The van der Waals surface area contributed by atoms with Gasteiger partial charge in [0, 0.05) is 25.2 Å². The Hall–Kier alpha value is -0.120. The van der Waals surface area contributed by atoms with E-state index in [9.17, 15) is 0 Å². The quantitative estimate of drug-likeness (QED) is 0.667. The molecule has 0 spiro atoms. The molecule has 0 heterocycles. The van der Waals surface area contributed by atoms with Crippen LogP contribution in [0.15, 0.2) is 0 Å². The summed E-state index contributed by atoms with van der Waals surface area (Å²) in [5, 5.41) is 3.61. The molecule has 1 fully saturated rings. The molecule has 2 atom stereocenters. The van der Waals surface area contributed by atoms with Gasteiger partial charge >= 0.3 is 0 Å². The molecule has 2 unspecified atom stereocenters. The van der Waals surface area contributed by atoms with E-state index in [1.165, 1.54) is 45.3 Å². The number of hydrogen-bond acceptors (Lipinski definition) is 3. The van der Waals surface area contributed by atoms with Gasteiger partial charge in [0.15, 0.2) is 0 Å². The molecule has 1 aliphatic rings. The van der Waals surface area contributed by atoms with E-state index in [4.69, 9.17) is 5.73 Å². The molecule has 3 heteroatoms. The molecule has 90 valence electrons. The molecular weight excluding hydrogens is 186 g/mol. The van der Waals surface area contributed by atoms with Crippen molar-refractivity contribution in [1.82, 2.24) is 10.2 Å². The minimum atomic E-state index is 0.445. The Kier molecular flexibility index (Phi) is 6.22. The van der Waals surface area contributed by atoms with E-state index in [0.29, 0.717) is 12.1 Å². The fourth-order valence-corrected chi connectivity index (χ4v) is 2.37. The summed E-state index contributed by atoms with van der Waals surface area (Å²) < 4.78 is 0. The van der Waals surface area contributed by atoms with Gasteiger partial charge in [-0.15, -0.1) is 0 Å². The van der Waals surface area contributed by atoms with Crippen molar-refractivity contribution >= 4 is 0 Å². The average molecular weight is 213 g/mol. The molecule has 0 aromatic carbocycles. The van der Waals surface area contributed by atoms with Gasteiger partial charge < -0.3 is 16.0 Å². The highest BCUT2D eigenvalue weighted by atomic mass is 15.1. The minimum Gasteiger partial charge on any atom is -0.328 e. The monoisotopic (exact) mass is 213 g/mol. The lowest BCUT2D eigenvalue weighted by Gasteiger charge is -2.21. The van der Waals surface area contributed by atoms with E-state index < -0.39 is 0 Å². The summed E-state index contributed by atoms with van der Waals surface area (Å²) in [7, 11) is 0. The predicted octanol–water partition coefficient (Wildman–Crippen LogP) is 1.19. The summed E-state index contributed by atoms with van der Waals surface area (Å²) in [5.41, 5.74) is 5.88. The molecule has 0 radical (unpaired) electrons. The zero-order valence-corrected chi connectivity index (χ0v) is 10.3. The summed E-state index contributed by atoms with van der Waals surface area (Å²) in [4.78, 5) is 2.50. The number of rotatable bonds is 7. The Morgan fingerprint density at radius 2 is 2.07 bits per heavy atom. The van der Waals surface area contributed by atoms with Gasteiger partial charge in [0.25, 0.3) is 0 Å². The topological polar surface area (TPSA) is 41.3 Å². The molecule has 1 rings (SSSR count). The van der Waals surface area contributed by atoms with Crippen LogP contribution in [0.2, 0.25) is 0 Å². The molecule has 0 aliphatic heterocycles. The van der Waals surface area contributed by atoms with Crippen LogP contribution < -0.4 is 11.1 Å². The molecule has 0 saturated heterocycles. The van der Waals surface area contributed by atoms with Crippen molar-refractivity contribution in [2.24, 2.45) is 5.73 Å². The fourth-order valence-electron chi connectivity index (χ4n) is 2.37. The Labute approximate surface area is 94.4 Å². The van der Waals surface area contributed by atoms with E-state index in [1.54, 1.807) is 0 Å². The Bertz CT molecular complexity index is 157. The van der Waals surface area contributed by atoms with Crippen LogP contribution in [-0.2, 0) is 0 Å². The average Bonchev–Trinajstić information content (AvgIpc) is 2.63. The summed E-state index contributed by atoms with van der Waals surface area (Å²) >= 11 is 0. The van der Waals surface area contributed by atoms with Crippen LogP contribution >= 0.6 is 0 Å². The second kappa shape index (κ2) is 7.20. The van der Waals surface area contributed by atoms with E-state index in [1.807, 2.05) is 0 Å². The molecule has 1 aliphatic carbocycles. The lowest BCUT2D eigenvalue weighted by Crippen LogP contribution is -2.37. The van der Waals surface area contributed by atoms with Gasteiger partial charge in [0.1, 0.15) is 0 Å². The summed E-state index contributed by atoms with van der Waals surface area (Å²) in [6, 6.07) is 1.13. The molecule has 3 N–H and O–H groups in total. The maximum absolute atomic E-state index is 5.88. The standard InChI is InChI=1S/C12H27N3/c1-3-8-15(4-2)9-7-14-12-6-5-11(13)10-12/h11-12,14H,3-10,13H2,1-2H3. The van der Waals surface area contributed by atoms with Crippen molar-refractivity contribution in [3.05, 3.63) is 0 Å². The largest absolute Gasteiger partial charge is 0.328 e. The third-order valence-electron chi connectivity index (χ3n) is 3.32. The normalized spacial score (nSPS) is 26.4. The number of nitrogens with one attached hydrogen (secondary N) is 1. The Morgan fingerprint density at radius 3 is 2.60 bits per heavy atom. The van der Waals surface area contributed by atoms with Gasteiger partial charge in [-0.3, -0.25) is 0 Å². The molecular formula is C12H27N3. The van der Waals surface area contributed by atoms with Crippen molar-refractivity contribution in [1.29, 1.82) is 0 Å². The molecule has 0 aromatic rings. The van der Waals surface area contributed by atoms with Crippen LogP contribution in [0, 0.1) is 0 Å². The van der Waals surface area contributed by atoms with Crippen LogP contribution in [0.1, 0.15) is 39.5 Å². The number of nitrogens with two attached hydrogens (primary N) is 1. The van der Waals surface area contributed by atoms with Gasteiger partial charge in [-0.05, 0) is 38.8 Å². The van der Waals surface area contributed by atoms with Crippen LogP contribution in [-0.4, -0.2) is 43.2 Å². The van der Waals surface area contributed by atoms with E-state index in [0.717, 1.165) is 6.54 Å². The van der Waals surface area contributed by atoms with Gasteiger partial charge in [-0.2, -0.15) is 0 Å². The highest BCUT2D eigenvalue weighted by Crippen LogP contribution is 2.16. The first-order valence-electron chi connectivity index (χ1n) is 6.47. The van der Waals surface area contributed by atoms with Crippen LogP contribution in [0.3, 0.4) is 0 Å². The highest BCUT2D eigenvalue weighted by molar-refractivity contribution is 4.82. The smallest absolute Gasteiger partial charge is 0.0107 e. The molecule has 0 amide bonds. The van der Waals surface area contributed by atoms with Crippen molar-refractivity contribution in [3.63, 3.8) is 0 Å². The van der Waals surface area contributed by atoms with Crippen LogP contribution in [0.25, 0.3) is 0 Å². The first-order valence-corrected chi connectivity index (χ1v) is 6.47. The Balaban J connectivity index is 2.04. The van der Waals surface area contributed by atoms with Crippen molar-refractivity contribution in [3.8, 4) is 0 Å². The zero-order valence-electron chi connectivity index (χ0n) is 10.3. The first kappa shape index (κ1) is 12.9.